The predicted molar refractivity (Wildman–Crippen MR) is 97.1 cm³/mol. The molecule has 1 aromatic rings. The number of amides is 1. The molecule has 1 amide bonds. The zero-order valence-electron chi connectivity index (χ0n) is 16.0. The number of carbonyl (C=O) groups excluding carboxylic acids is 2. The van der Waals surface area contributed by atoms with Gasteiger partial charge in [-0.25, -0.2) is 0 Å². The molecule has 1 saturated heterocycles. The molecule has 3 rings (SSSR count). The maximum atomic E-state index is 12.7. The number of likely N-dealkylation sites (tertiary alicyclic amines) is 1. The quantitative estimate of drug-likeness (QED) is 0.825. The smallest absolute Gasteiger partial charge is 0.222 e. The number of fused-ring (bicyclic) bond motifs is 1. The van der Waals surface area contributed by atoms with Crippen molar-refractivity contribution >= 4 is 11.7 Å². The summed E-state index contributed by atoms with van der Waals surface area (Å²) in [4.78, 5) is 26.9. The van der Waals surface area contributed by atoms with Crippen LogP contribution in [0.15, 0.2) is 12.1 Å². The third-order valence-corrected chi connectivity index (χ3v) is 5.21. The number of hydrogen-bond acceptors (Lipinski definition) is 5. The van der Waals surface area contributed by atoms with Crippen LogP contribution >= 0.6 is 0 Å². The Kier molecular flexibility index (Phi) is 5.12. The summed E-state index contributed by atoms with van der Waals surface area (Å²) in [5.74, 6) is 2.03. The number of piperidine rings is 1. The van der Waals surface area contributed by atoms with Crippen LogP contribution in [0.1, 0.15) is 49.9 Å². The minimum absolute atomic E-state index is 0.0501. The van der Waals surface area contributed by atoms with Gasteiger partial charge < -0.3 is 19.1 Å². The van der Waals surface area contributed by atoms with Crippen LogP contribution in [0.25, 0.3) is 0 Å². The van der Waals surface area contributed by atoms with Crippen LogP contribution in [0, 0.1) is 5.92 Å². The molecule has 2 heterocycles. The van der Waals surface area contributed by atoms with Crippen LogP contribution in [-0.4, -0.2) is 49.5 Å². The number of ether oxygens (including phenoxy) is 3. The van der Waals surface area contributed by atoms with Gasteiger partial charge in [0.05, 0.1) is 26.2 Å². The molecule has 0 aromatic heterocycles. The van der Waals surface area contributed by atoms with E-state index in [2.05, 4.69) is 0 Å². The Balaban J connectivity index is 1.81. The van der Waals surface area contributed by atoms with Gasteiger partial charge in [0.15, 0.2) is 17.3 Å². The van der Waals surface area contributed by atoms with E-state index < -0.39 is 5.60 Å². The highest BCUT2D eigenvalue weighted by molar-refractivity contribution is 6.01. The Hall–Kier alpha value is -2.24. The van der Waals surface area contributed by atoms with Crippen LogP contribution in [0.4, 0.5) is 0 Å². The molecule has 0 unspecified atom stereocenters. The Morgan fingerprint density at radius 3 is 2.50 bits per heavy atom. The van der Waals surface area contributed by atoms with Gasteiger partial charge >= 0.3 is 0 Å². The van der Waals surface area contributed by atoms with Crippen molar-refractivity contribution in [3.05, 3.63) is 17.7 Å². The van der Waals surface area contributed by atoms with Gasteiger partial charge in [0.2, 0.25) is 11.7 Å². The summed E-state index contributed by atoms with van der Waals surface area (Å²) in [5.41, 5.74) is -0.0372. The maximum absolute atomic E-state index is 12.7. The molecule has 0 saturated carbocycles. The summed E-state index contributed by atoms with van der Waals surface area (Å²) in [7, 11) is 3.10. The van der Waals surface area contributed by atoms with Crippen molar-refractivity contribution in [3.8, 4) is 17.2 Å². The molecule has 6 heteroatoms. The van der Waals surface area contributed by atoms with Crippen LogP contribution in [0.2, 0.25) is 0 Å². The second kappa shape index (κ2) is 7.17. The van der Waals surface area contributed by atoms with E-state index in [4.69, 9.17) is 14.2 Å². The van der Waals surface area contributed by atoms with Gasteiger partial charge in [-0.1, -0.05) is 13.8 Å². The van der Waals surface area contributed by atoms with Crippen molar-refractivity contribution in [2.45, 2.75) is 45.1 Å². The predicted octanol–water partition coefficient (Wildman–Crippen LogP) is 3.08. The van der Waals surface area contributed by atoms with Crippen LogP contribution < -0.4 is 14.2 Å². The van der Waals surface area contributed by atoms with Gasteiger partial charge in [0.25, 0.3) is 0 Å². The number of hydrogen-bond donors (Lipinski definition) is 0. The number of ketones is 1. The number of Topliss-reactive ketones (excluding diaryl/α,β-unsaturated/α-hetero) is 1. The summed E-state index contributed by atoms with van der Waals surface area (Å²) in [6, 6.07) is 3.46. The lowest BCUT2D eigenvalue weighted by molar-refractivity contribution is -0.135. The maximum Gasteiger partial charge on any atom is 0.222 e. The van der Waals surface area contributed by atoms with Gasteiger partial charge in [-0.05, 0) is 18.1 Å². The molecule has 26 heavy (non-hydrogen) atoms. The summed E-state index contributed by atoms with van der Waals surface area (Å²) in [6.07, 6.45) is 2.17. The molecule has 142 valence electrons. The van der Waals surface area contributed by atoms with E-state index in [0.717, 1.165) is 0 Å². The summed E-state index contributed by atoms with van der Waals surface area (Å²) in [5, 5.41) is 0. The van der Waals surface area contributed by atoms with Gasteiger partial charge in [-0.2, -0.15) is 0 Å². The van der Waals surface area contributed by atoms with Crippen molar-refractivity contribution in [2.24, 2.45) is 5.92 Å². The first-order chi connectivity index (χ1) is 12.4. The molecule has 2 aliphatic heterocycles. The molecule has 1 spiro atoms. The highest BCUT2D eigenvalue weighted by Gasteiger charge is 2.45. The SMILES string of the molecule is COc1ccc2c(c1OC)OC1(CCN(C(=O)CC(C)C)CC1)CC2=O. The fraction of sp³-hybridized carbons (Fsp3) is 0.600. The number of nitrogens with zero attached hydrogens (tertiary/aromatic N) is 1. The van der Waals surface area contributed by atoms with Gasteiger partial charge in [0.1, 0.15) is 5.60 Å². The molecule has 1 fully saturated rings. The molecule has 0 bridgehead atoms. The standard InChI is InChI=1S/C20H27NO5/c1-13(2)11-17(23)21-9-7-20(8-10-21)12-15(22)14-5-6-16(24-3)19(25-4)18(14)26-20/h5-6,13H,7-12H2,1-4H3. The molecule has 0 aliphatic carbocycles. The van der Waals surface area contributed by atoms with E-state index in [0.29, 0.717) is 67.5 Å². The third kappa shape index (κ3) is 3.37. The first kappa shape index (κ1) is 18.5. The van der Waals surface area contributed by atoms with E-state index in [1.165, 1.54) is 0 Å². The van der Waals surface area contributed by atoms with E-state index in [1.54, 1.807) is 26.4 Å². The van der Waals surface area contributed by atoms with Crippen molar-refractivity contribution in [2.75, 3.05) is 27.3 Å². The largest absolute Gasteiger partial charge is 0.493 e. The number of methoxy groups -OCH3 is 2. The van der Waals surface area contributed by atoms with Gasteiger partial charge in [-0.3, -0.25) is 9.59 Å². The van der Waals surface area contributed by atoms with Crippen molar-refractivity contribution in [3.63, 3.8) is 0 Å². The van der Waals surface area contributed by atoms with Crippen molar-refractivity contribution in [1.29, 1.82) is 0 Å². The molecule has 0 N–H and O–H groups in total. The molecular weight excluding hydrogens is 334 g/mol. The van der Waals surface area contributed by atoms with Crippen molar-refractivity contribution in [1.82, 2.24) is 4.90 Å². The Morgan fingerprint density at radius 1 is 1.23 bits per heavy atom. The normalized spacial score (nSPS) is 18.5. The average molecular weight is 361 g/mol. The highest BCUT2D eigenvalue weighted by atomic mass is 16.5. The Morgan fingerprint density at radius 2 is 1.92 bits per heavy atom. The lowest BCUT2D eigenvalue weighted by Gasteiger charge is -2.44. The second-order valence-corrected chi connectivity index (χ2v) is 7.54. The fourth-order valence-electron chi connectivity index (χ4n) is 3.78. The average Bonchev–Trinajstić information content (AvgIpc) is 2.60. The number of benzene rings is 1. The lowest BCUT2D eigenvalue weighted by Crippen LogP contribution is -2.52. The minimum Gasteiger partial charge on any atom is -0.493 e. The van der Waals surface area contributed by atoms with E-state index in [-0.39, 0.29) is 11.7 Å². The molecule has 1 aromatic carbocycles. The Labute approximate surface area is 154 Å². The number of carbonyl (C=O) groups is 2. The summed E-state index contributed by atoms with van der Waals surface area (Å²) in [6.45, 7) is 5.31. The van der Waals surface area contributed by atoms with Gasteiger partial charge in [0, 0.05) is 32.4 Å². The van der Waals surface area contributed by atoms with Gasteiger partial charge in [-0.15, -0.1) is 0 Å². The zero-order valence-corrected chi connectivity index (χ0v) is 16.0. The monoisotopic (exact) mass is 361 g/mol. The van der Waals surface area contributed by atoms with E-state index in [9.17, 15) is 9.59 Å². The topological polar surface area (TPSA) is 65.1 Å². The lowest BCUT2D eigenvalue weighted by atomic mass is 9.82. The van der Waals surface area contributed by atoms with E-state index in [1.807, 2.05) is 18.7 Å². The summed E-state index contributed by atoms with van der Waals surface area (Å²) >= 11 is 0. The van der Waals surface area contributed by atoms with Crippen molar-refractivity contribution < 1.29 is 23.8 Å². The van der Waals surface area contributed by atoms with Crippen LogP contribution in [-0.2, 0) is 4.79 Å². The molecule has 6 nitrogen and oxygen atoms in total. The first-order valence-electron chi connectivity index (χ1n) is 9.14. The van der Waals surface area contributed by atoms with Crippen LogP contribution in [0.3, 0.4) is 0 Å². The molecule has 0 atom stereocenters. The minimum atomic E-state index is -0.571. The fourth-order valence-corrected chi connectivity index (χ4v) is 3.78. The summed E-state index contributed by atoms with van der Waals surface area (Å²) < 4.78 is 17.1. The number of rotatable bonds is 4. The second-order valence-electron chi connectivity index (χ2n) is 7.54. The Bertz CT molecular complexity index is 704. The first-order valence-corrected chi connectivity index (χ1v) is 9.14. The molecular formula is C20H27NO5. The highest BCUT2D eigenvalue weighted by Crippen LogP contribution is 2.47. The zero-order chi connectivity index (χ0) is 18.9. The third-order valence-electron chi connectivity index (χ3n) is 5.21. The van der Waals surface area contributed by atoms with E-state index >= 15 is 0 Å². The molecule has 2 aliphatic rings. The van der Waals surface area contributed by atoms with Crippen LogP contribution in [0.5, 0.6) is 17.2 Å². The molecule has 0 radical (unpaired) electrons.